The zero-order valence-electron chi connectivity index (χ0n) is 10.6. The average Bonchev–Trinajstić information content (AvgIpc) is 2.40. The summed E-state index contributed by atoms with van der Waals surface area (Å²) in [6.45, 7) is 0. The minimum absolute atomic E-state index is 0.119. The highest BCUT2D eigenvalue weighted by atomic mass is 16.1. The predicted molar refractivity (Wildman–Crippen MR) is 73.0 cm³/mol. The quantitative estimate of drug-likeness (QED) is 0.770. The number of aromatic nitrogens is 1. The lowest BCUT2D eigenvalue weighted by Crippen LogP contribution is -2.09. The molecule has 2 rings (SSSR count). The summed E-state index contributed by atoms with van der Waals surface area (Å²) >= 11 is 0. The number of hydrogen-bond donors (Lipinski definition) is 0. The molecule has 1 aromatic carbocycles. The van der Waals surface area contributed by atoms with Crippen LogP contribution in [0.15, 0.2) is 48.8 Å². The van der Waals surface area contributed by atoms with Gasteiger partial charge in [-0.1, -0.05) is 6.07 Å². The van der Waals surface area contributed by atoms with Crippen LogP contribution in [0, 0.1) is 0 Å². The molecule has 2 aromatic rings. The Labute approximate surface area is 107 Å². The maximum Gasteiger partial charge on any atom is 0.167 e. The van der Waals surface area contributed by atoms with E-state index < -0.39 is 0 Å². The highest BCUT2D eigenvalue weighted by Gasteiger charge is 2.07. The van der Waals surface area contributed by atoms with Crippen molar-refractivity contribution in [3.8, 4) is 0 Å². The molecular weight excluding hydrogens is 224 g/mol. The number of ketones is 1. The van der Waals surface area contributed by atoms with Crippen LogP contribution in [0.3, 0.4) is 0 Å². The molecule has 3 heteroatoms. The molecule has 3 nitrogen and oxygen atoms in total. The third-order valence-corrected chi connectivity index (χ3v) is 2.79. The molecule has 18 heavy (non-hydrogen) atoms. The Hall–Kier alpha value is -2.16. The highest BCUT2D eigenvalue weighted by Crippen LogP contribution is 2.14. The number of carbonyl (C=O) groups is 1. The van der Waals surface area contributed by atoms with E-state index in [0.717, 1.165) is 16.8 Å². The fraction of sp³-hybridized carbons (Fsp3) is 0.200. The maximum atomic E-state index is 12.1. The molecule has 1 aromatic heterocycles. The van der Waals surface area contributed by atoms with Crippen LogP contribution in [0.1, 0.15) is 15.9 Å². The van der Waals surface area contributed by atoms with Crippen molar-refractivity contribution >= 4 is 11.5 Å². The van der Waals surface area contributed by atoms with E-state index in [4.69, 9.17) is 0 Å². The number of rotatable bonds is 4. The normalized spacial score (nSPS) is 10.1. The minimum Gasteiger partial charge on any atom is -0.378 e. The van der Waals surface area contributed by atoms with Crippen LogP contribution in [0.5, 0.6) is 0 Å². The Morgan fingerprint density at radius 2 is 1.89 bits per heavy atom. The first kappa shape index (κ1) is 12.3. The fourth-order valence-corrected chi connectivity index (χ4v) is 1.74. The van der Waals surface area contributed by atoms with Gasteiger partial charge in [-0.3, -0.25) is 9.78 Å². The second-order valence-corrected chi connectivity index (χ2v) is 4.40. The van der Waals surface area contributed by atoms with Crippen molar-refractivity contribution in [3.05, 3.63) is 59.9 Å². The van der Waals surface area contributed by atoms with Crippen molar-refractivity contribution < 1.29 is 4.79 Å². The molecule has 92 valence electrons. The first-order valence-corrected chi connectivity index (χ1v) is 5.86. The third kappa shape index (κ3) is 2.94. The Bertz CT molecular complexity index is 518. The number of pyridine rings is 1. The smallest absolute Gasteiger partial charge is 0.167 e. The first-order chi connectivity index (χ1) is 8.66. The van der Waals surface area contributed by atoms with Gasteiger partial charge in [0.1, 0.15) is 0 Å². The standard InChI is InChI=1S/C15H16N2O/c1-17(2)14-7-5-13(6-8-14)15(18)10-12-4-3-9-16-11-12/h3-9,11H,10H2,1-2H3. The number of nitrogens with zero attached hydrogens (tertiary/aromatic N) is 2. The molecule has 0 fully saturated rings. The molecule has 0 bridgehead atoms. The Morgan fingerprint density at radius 1 is 1.17 bits per heavy atom. The van der Waals surface area contributed by atoms with Gasteiger partial charge in [-0.15, -0.1) is 0 Å². The molecule has 0 aliphatic carbocycles. The Balaban J connectivity index is 2.10. The van der Waals surface area contributed by atoms with Crippen molar-refractivity contribution in [2.75, 3.05) is 19.0 Å². The number of benzene rings is 1. The summed E-state index contributed by atoms with van der Waals surface area (Å²) in [5.74, 6) is 0.119. The lowest BCUT2D eigenvalue weighted by Gasteiger charge is -2.12. The topological polar surface area (TPSA) is 33.2 Å². The van der Waals surface area contributed by atoms with Crippen molar-refractivity contribution in [2.45, 2.75) is 6.42 Å². The molecule has 0 aliphatic rings. The average molecular weight is 240 g/mol. The van der Waals surface area contributed by atoms with Gasteiger partial charge in [-0.2, -0.15) is 0 Å². The first-order valence-electron chi connectivity index (χ1n) is 5.86. The second kappa shape index (κ2) is 5.45. The summed E-state index contributed by atoms with van der Waals surface area (Å²) in [5, 5.41) is 0. The van der Waals surface area contributed by atoms with Crippen molar-refractivity contribution in [1.29, 1.82) is 0 Å². The predicted octanol–water partition coefficient (Wildman–Crippen LogP) is 2.57. The van der Waals surface area contributed by atoms with Crippen molar-refractivity contribution in [3.63, 3.8) is 0 Å². The molecule has 0 saturated carbocycles. The summed E-state index contributed by atoms with van der Waals surface area (Å²) in [7, 11) is 3.96. The largest absolute Gasteiger partial charge is 0.378 e. The molecule has 1 heterocycles. The molecular formula is C15H16N2O. The second-order valence-electron chi connectivity index (χ2n) is 4.40. The maximum absolute atomic E-state index is 12.1. The van der Waals surface area contributed by atoms with Crippen molar-refractivity contribution in [1.82, 2.24) is 4.98 Å². The van der Waals surface area contributed by atoms with Crippen LogP contribution in [0.25, 0.3) is 0 Å². The zero-order chi connectivity index (χ0) is 13.0. The van der Waals surface area contributed by atoms with E-state index in [1.54, 1.807) is 12.4 Å². The van der Waals surface area contributed by atoms with Gasteiger partial charge in [-0.25, -0.2) is 0 Å². The molecule has 0 atom stereocenters. The third-order valence-electron chi connectivity index (χ3n) is 2.79. The van der Waals surface area contributed by atoms with Crippen LogP contribution in [0.4, 0.5) is 5.69 Å². The van der Waals surface area contributed by atoms with Gasteiger partial charge in [0.05, 0.1) is 0 Å². The van der Waals surface area contributed by atoms with Crippen LogP contribution in [0.2, 0.25) is 0 Å². The molecule has 0 spiro atoms. The molecule has 0 unspecified atom stereocenters. The van der Waals surface area contributed by atoms with Gasteiger partial charge in [-0.05, 0) is 35.9 Å². The van der Waals surface area contributed by atoms with Gasteiger partial charge >= 0.3 is 0 Å². The lowest BCUT2D eigenvalue weighted by atomic mass is 10.0. The van der Waals surface area contributed by atoms with Crippen LogP contribution in [-0.4, -0.2) is 24.9 Å². The molecule has 0 amide bonds. The van der Waals surface area contributed by atoms with Crippen LogP contribution >= 0.6 is 0 Å². The van der Waals surface area contributed by atoms with Crippen LogP contribution < -0.4 is 4.90 Å². The van der Waals surface area contributed by atoms with E-state index in [-0.39, 0.29) is 5.78 Å². The van der Waals surface area contributed by atoms with E-state index in [1.807, 2.05) is 55.4 Å². The van der Waals surface area contributed by atoms with E-state index in [9.17, 15) is 4.79 Å². The van der Waals surface area contributed by atoms with Gasteiger partial charge < -0.3 is 4.90 Å². The Morgan fingerprint density at radius 3 is 2.44 bits per heavy atom. The number of hydrogen-bond acceptors (Lipinski definition) is 3. The number of anilines is 1. The summed E-state index contributed by atoms with van der Waals surface area (Å²) in [6.07, 6.45) is 3.83. The molecule has 0 radical (unpaired) electrons. The number of carbonyl (C=O) groups excluding carboxylic acids is 1. The number of Topliss-reactive ketones (excluding diaryl/α,β-unsaturated/α-hetero) is 1. The monoisotopic (exact) mass is 240 g/mol. The molecule has 0 aliphatic heterocycles. The summed E-state index contributed by atoms with van der Waals surface area (Å²) in [6, 6.07) is 11.4. The molecule has 0 N–H and O–H groups in total. The fourth-order valence-electron chi connectivity index (χ4n) is 1.74. The zero-order valence-corrected chi connectivity index (χ0v) is 10.6. The van der Waals surface area contributed by atoms with E-state index in [0.29, 0.717) is 6.42 Å². The summed E-state index contributed by atoms with van der Waals surface area (Å²) in [4.78, 5) is 18.1. The lowest BCUT2D eigenvalue weighted by molar-refractivity contribution is 0.0993. The highest BCUT2D eigenvalue weighted by molar-refractivity contribution is 5.97. The summed E-state index contributed by atoms with van der Waals surface area (Å²) < 4.78 is 0. The SMILES string of the molecule is CN(C)c1ccc(C(=O)Cc2cccnc2)cc1. The Kier molecular flexibility index (Phi) is 3.72. The van der Waals surface area contributed by atoms with E-state index in [1.165, 1.54) is 0 Å². The van der Waals surface area contributed by atoms with Gasteiger partial charge in [0, 0.05) is 44.2 Å². The minimum atomic E-state index is 0.119. The van der Waals surface area contributed by atoms with E-state index >= 15 is 0 Å². The van der Waals surface area contributed by atoms with Gasteiger partial charge in [0.25, 0.3) is 0 Å². The summed E-state index contributed by atoms with van der Waals surface area (Å²) in [5.41, 5.74) is 2.77. The van der Waals surface area contributed by atoms with E-state index in [2.05, 4.69) is 4.98 Å². The van der Waals surface area contributed by atoms with Gasteiger partial charge in [0.2, 0.25) is 0 Å². The van der Waals surface area contributed by atoms with Gasteiger partial charge in [0.15, 0.2) is 5.78 Å². The van der Waals surface area contributed by atoms with Crippen molar-refractivity contribution in [2.24, 2.45) is 0 Å². The van der Waals surface area contributed by atoms with Crippen LogP contribution in [-0.2, 0) is 6.42 Å². The molecule has 0 saturated heterocycles.